The molecule has 2 heterocycles. The summed E-state index contributed by atoms with van der Waals surface area (Å²) in [5, 5.41) is 4.64. The van der Waals surface area contributed by atoms with Crippen LogP contribution in [0, 0.1) is 0 Å². The Hall–Kier alpha value is -2.62. The molecule has 10 heteroatoms. The maximum Gasteiger partial charge on any atom is 0.341 e. The summed E-state index contributed by atoms with van der Waals surface area (Å²) >= 11 is 6.17. The molecule has 3 rings (SSSR count). The Morgan fingerprint density at radius 2 is 2.15 bits per heavy atom. The lowest BCUT2D eigenvalue weighted by Gasteiger charge is -2.10. The summed E-state index contributed by atoms with van der Waals surface area (Å²) in [7, 11) is 1.60. The summed E-state index contributed by atoms with van der Waals surface area (Å²) in [5.74, 6) is 0.00896. The van der Waals surface area contributed by atoms with Crippen LogP contribution in [-0.4, -0.2) is 52.2 Å². The van der Waals surface area contributed by atoms with Gasteiger partial charge in [0, 0.05) is 13.3 Å². The highest BCUT2D eigenvalue weighted by Gasteiger charge is 2.17. The zero-order valence-electron chi connectivity index (χ0n) is 15.0. The van der Waals surface area contributed by atoms with Crippen molar-refractivity contribution in [1.29, 1.82) is 0 Å². The average Bonchev–Trinajstić information content (AvgIpc) is 3.25. The number of nitrogens with two attached hydrogens (primary N) is 1. The molecule has 0 atom stereocenters. The molecule has 3 aromatic rings. The molecule has 0 radical (unpaired) electrons. The van der Waals surface area contributed by atoms with Crippen LogP contribution in [0.15, 0.2) is 24.5 Å². The number of methoxy groups -OCH3 is 1. The zero-order valence-corrected chi connectivity index (χ0v) is 15.8. The molecule has 0 aliphatic rings. The third kappa shape index (κ3) is 4.05. The van der Waals surface area contributed by atoms with Crippen molar-refractivity contribution in [3.05, 3.63) is 35.1 Å². The Balaban J connectivity index is 2.01. The first-order valence-corrected chi connectivity index (χ1v) is 8.67. The summed E-state index contributed by atoms with van der Waals surface area (Å²) in [6, 6.07) is 3.40. The van der Waals surface area contributed by atoms with Crippen molar-refractivity contribution >= 4 is 34.3 Å². The Labute approximate surface area is 160 Å². The molecule has 1 aromatic carbocycles. The number of fused-ring (bicyclic) bond motifs is 1. The van der Waals surface area contributed by atoms with E-state index in [9.17, 15) is 4.79 Å². The van der Waals surface area contributed by atoms with Crippen LogP contribution in [0.1, 0.15) is 17.3 Å². The second-order valence-electron chi connectivity index (χ2n) is 5.63. The lowest BCUT2D eigenvalue weighted by molar-refractivity contribution is 0.0356. The van der Waals surface area contributed by atoms with Crippen molar-refractivity contribution in [3.8, 4) is 5.95 Å². The number of esters is 1. The smallest absolute Gasteiger partial charge is 0.341 e. The molecule has 144 valence electrons. The molecule has 0 aliphatic carbocycles. The molecule has 0 amide bonds. The maximum atomic E-state index is 11.9. The van der Waals surface area contributed by atoms with Gasteiger partial charge in [-0.2, -0.15) is 5.10 Å². The van der Waals surface area contributed by atoms with Crippen LogP contribution in [0.5, 0.6) is 0 Å². The topological polar surface area (TPSA) is 106 Å². The summed E-state index contributed by atoms with van der Waals surface area (Å²) in [6.45, 7) is 3.10. The molecule has 0 fully saturated rings. The first-order chi connectivity index (χ1) is 13.0. The predicted molar refractivity (Wildman–Crippen MR) is 100 cm³/mol. The molecule has 27 heavy (non-hydrogen) atoms. The van der Waals surface area contributed by atoms with Crippen molar-refractivity contribution in [3.63, 3.8) is 0 Å². The van der Waals surface area contributed by atoms with E-state index in [1.165, 1.54) is 10.9 Å². The van der Waals surface area contributed by atoms with Gasteiger partial charge in [-0.1, -0.05) is 11.6 Å². The Morgan fingerprint density at radius 3 is 2.89 bits per heavy atom. The van der Waals surface area contributed by atoms with Crippen LogP contribution in [0.2, 0.25) is 5.02 Å². The molecule has 0 saturated heterocycles. The number of hydrogen-bond donors (Lipinski definition) is 1. The van der Waals surface area contributed by atoms with Gasteiger partial charge in [0.05, 0.1) is 53.3 Å². The zero-order chi connectivity index (χ0) is 19.4. The van der Waals surface area contributed by atoms with Gasteiger partial charge < -0.3 is 19.9 Å². The average molecular weight is 394 g/mol. The van der Waals surface area contributed by atoms with E-state index in [1.807, 2.05) is 0 Å². The molecule has 0 aliphatic heterocycles. The second-order valence-corrected chi connectivity index (χ2v) is 6.03. The van der Waals surface area contributed by atoms with Crippen molar-refractivity contribution in [2.24, 2.45) is 0 Å². The van der Waals surface area contributed by atoms with Gasteiger partial charge in [0.15, 0.2) is 0 Å². The van der Waals surface area contributed by atoms with E-state index in [1.54, 1.807) is 36.9 Å². The minimum Gasteiger partial charge on any atom is -0.462 e. The summed E-state index contributed by atoms with van der Waals surface area (Å²) in [6.07, 6.45) is 2.98. The number of hydrogen-bond acceptors (Lipinski definition) is 7. The minimum absolute atomic E-state index is 0.198. The molecular weight excluding hydrogens is 374 g/mol. The third-order valence-electron chi connectivity index (χ3n) is 3.80. The number of imidazole rings is 1. The molecule has 0 bridgehead atoms. The monoisotopic (exact) mass is 393 g/mol. The standard InChI is InChI=1S/C17H20ClN5O4/c1-3-27-16(24)11-8-20-23(9-11)17-21-14-7-13(19)12(18)6-15(14)22(17)10-26-5-4-25-2/h6-9H,3-5,10,19H2,1-2H3. The van der Waals surface area contributed by atoms with E-state index < -0.39 is 5.97 Å². The number of rotatable bonds is 8. The van der Waals surface area contributed by atoms with E-state index in [-0.39, 0.29) is 13.3 Å². The van der Waals surface area contributed by atoms with Gasteiger partial charge in [-0.05, 0) is 19.1 Å². The largest absolute Gasteiger partial charge is 0.462 e. The van der Waals surface area contributed by atoms with Crippen LogP contribution >= 0.6 is 11.6 Å². The van der Waals surface area contributed by atoms with Gasteiger partial charge in [0.1, 0.15) is 6.73 Å². The number of carbonyl (C=O) groups is 1. The Kier molecular flexibility index (Phi) is 5.94. The van der Waals surface area contributed by atoms with E-state index in [0.717, 1.165) is 5.52 Å². The fourth-order valence-electron chi connectivity index (χ4n) is 2.50. The fourth-order valence-corrected chi connectivity index (χ4v) is 2.66. The van der Waals surface area contributed by atoms with Gasteiger partial charge in [0.25, 0.3) is 0 Å². The molecule has 2 N–H and O–H groups in total. The van der Waals surface area contributed by atoms with E-state index in [0.29, 0.717) is 41.0 Å². The van der Waals surface area contributed by atoms with Gasteiger partial charge >= 0.3 is 5.97 Å². The van der Waals surface area contributed by atoms with Crippen LogP contribution < -0.4 is 5.73 Å². The number of nitrogens with zero attached hydrogens (tertiary/aromatic N) is 4. The number of halogens is 1. The quantitative estimate of drug-likeness (QED) is 0.355. The van der Waals surface area contributed by atoms with Gasteiger partial charge in [-0.25, -0.2) is 14.5 Å². The molecule has 0 spiro atoms. The summed E-state index contributed by atoms with van der Waals surface area (Å²) in [5.41, 5.74) is 8.01. The number of aromatic nitrogens is 4. The fraction of sp³-hybridized carbons (Fsp3) is 0.353. The minimum atomic E-state index is -0.449. The van der Waals surface area contributed by atoms with Gasteiger partial charge in [0.2, 0.25) is 5.95 Å². The number of carbonyl (C=O) groups excluding carboxylic acids is 1. The second kappa shape index (κ2) is 8.38. The highest BCUT2D eigenvalue weighted by atomic mass is 35.5. The summed E-state index contributed by atoms with van der Waals surface area (Å²) < 4.78 is 18.9. The van der Waals surface area contributed by atoms with Gasteiger partial charge in [-0.3, -0.25) is 4.57 Å². The Morgan fingerprint density at radius 1 is 1.33 bits per heavy atom. The van der Waals surface area contributed by atoms with Crippen LogP contribution in [0.4, 0.5) is 5.69 Å². The van der Waals surface area contributed by atoms with E-state index in [2.05, 4.69) is 10.1 Å². The van der Waals surface area contributed by atoms with Gasteiger partial charge in [-0.15, -0.1) is 0 Å². The SMILES string of the molecule is CCOC(=O)c1cnn(-c2nc3cc(N)c(Cl)cc3n2COCCOC)c1. The molecular formula is C17H20ClN5O4. The van der Waals surface area contributed by atoms with Crippen molar-refractivity contribution in [2.45, 2.75) is 13.7 Å². The highest BCUT2D eigenvalue weighted by molar-refractivity contribution is 6.33. The number of benzene rings is 1. The van der Waals surface area contributed by atoms with Crippen molar-refractivity contribution in [1.82, 2.24) is 19.3 Å². The molecule has 0 saturated carbocycles. The highest BCUT2D eigenvalue weighted by Crippen LogP contribution is 2.27. The van der Waals surface area contributed by atoms with Crippen molar-refractivity contribution in [2.75, 3.05) is 32.7 Å². The first kappa shape index (κ1) is 19.2. The number of anilines is 1. The predicted octanol–water partition coefficient (Wildman–Crippen LogP) is 2.25. The Bertz CT molecular complexity index is 952. The van der Waals surface area contributed by atoms with Crippen LogP contribution in [-0.2, 0) is 20.9 Å². The van der Waals surface area contributed by atoms with Crippen LogP contribution in [0.3, 0.4) is 0 Å². The van der Waals surface area contributed by atoms with Crippen LogP contribution in [0.25, 0.3) is 17.0 Å². The molecule has 0 unspecified atom stereocenters. The number of nitrogen functional groups attached to an aromatic ring is 1. The maximum absolute atomic E-state index is 11.9. The normalized spacial score (nSPS) is 11.2. The summed E-state index contributed by atoms with van der Waals surface area (Å²) in [4.78, 5) is 16.5. The number of ether oxygens (including phenoxy) is 3. The first-order valence-electron chi connectivity index (χ1n) is 8.29. The van der Waals surface area contributed by atoms with E-state index in [4.69, 9.17) is 31.5 Å². The third-order valence-corrected chi connectivity index (χ3v) is 4.12. The van der Waals surface area contributed by atoms with Crippen molar-refractivity contribution < 1.29 is 19.0 Å². The lowest BCUT2D eigenvalue weighted by atomic mass is 10.3. The molecule has 9 nitrogen and oxygen atoms in total. The van der Waals surface area contributed by atoms with E-state index >= 15 is 0 Å². The lowest BCUT2D eigenvalue weighted by Crippen LogP contribution is -2.12. The molecule has 2 aromatic heterocycles.